The molecule has 2 saturated carbocycles. The molecule has 2 aliphatic rings. The van der Waals surface area contributed by atoms with Crippen LogP contribution in [-0.4, -0.2) is 23.7 Å². The maximum Gasteiger partial charge on any atom is 0.223 e. The Labute approximate surface area is 97.6 Å². The normalized spacial score (nSPS) is 34.0. The van der Waals surface area contributed by atoms with Crippen LogP contribution in [0.1, 0.15) is 45.4 Å². The monoisotopic (exact) mass is 225 g/mol. The first kappa shape index (κ1) is 11.9. The molecule has 92 valence electrons. The molecule has 2 bridgehead atoms. The molecule has 0 aromatic rings. The molecule has 0 heterocycles. The van der Waals surface area contributed by atoms with E-state index in [1.54, 1.807) is 0 Å². The number of carbonyl (C=O) groups is 1. The Morgan fingerprint density at radius 3 is 2.81 bits per heavy atom. The minimum Gasteiger partial charge on any atom is -0.396 e. The summed E-state index contributed by atoms with van der Waals surface area (Å²) in [6, 6.07) is 0.207. The number of aliphatic hydroxyl groups excluding tert-OH is 1. The molecule has 16 heavy (non-hydrogen) atoms. The Hall–Kier alpha value is -0.570. The van der Waals surface area contributed by atoms with E-state index in [2.05, 4.69) is 5.32 Å². The first-order chi connectivity index (χ1) is 7.70. The molecule has 4 unspecified atom stereocenters. The molecular formula is C13H23NO2. The van der Waals surface area contributed by atoms with Crippen molar-refractivity contribution in [3.8, 4) is 0 Å². The summed E-state index contributed by atoms with van der Waals surface area (Å²) in [5, 5.41) is 11.8. The van der Waals surface area contributed by atoms with E-state index in [-0.39, 0.29) is 24.5 Å². The second kappa shape index (κ2) is 5.17. The quantitative estimate of drug-likeness (QED) is 0.748. The van der Waals surface area contributed by atoms with Crippen LogP contribution in [-0.2, 0) is 4.79 Å². The van der Waals surface area contributed by atoms with Crippen molar-refractivity contribution in [1.82, 2.24) is 5.32 Å². The molecule has 3 nitrogen and oxygen atoms in total. The fourth-order valence-corrected chi connectivity index (χ4v) is 3.39. The number of fused-ring (bicyclic) bond motifs is 2. The van der Waals surface area contributed by atoms with E-state index >= 15 is 0 Å². The highest BCUT2D eigenvalue weighted by Gasteiger charge is 2.43. The minimum absolute atomic E-state index is 0.207. The summed E-state index contributed by atoms with van der Waals surface area (Å²) in [5.41, 5.74) is 0. The van der Waals surface area contributed by atoms with Crippen molar-refractivity contribution in [3.05, 3.63) is 0 Å². The molecule has 1 amide bonds. The Kier molecular flexibility index (Phi) is 3.85. The Bertz CT molecular complexity index is 254. The van der Waals surface area contributed by atoms with Crippen LogP contribution in [0.15, 0.2) is 0 Å². The van der Waals surface area contributed by atoms with Gasteiger partial charge in [0.25, 0.3) is 0 Å². The van der Waals surface area contributed by atoms with Gasteiger partial charge in [-0.05, 0) is 50.9 Å². The van der Waals surface area contributed by atoms with Crippen LogP contribution < -0.4 is 5.32 Å². The average Bonchev–Trinajstić information content (AvgIpc) is 2.87. The molecule has 2 rings (SSSR count). The van der Waals surface area contributed by atoms with Gasteiger partial charge in [-0.1, -0.05) is 6.42 Å². The van der Waals surface area contributed by atoms with Gasteiger partial charge in [-0.2, -0.15) is 0 Å². The van der Waals surface area contributed by atoms with E-state index in [1.165, 1.54) is 19.3 Å². The first-order valence-electron chi connectivity index (χ1n) is 6.62. The fourth-order valence-electron chi connectivity index (χ4n) is 3.39. The van der Waals surface area contributed by atoms with Crippen molar-refractivity contribution in [3.63, 3.8) is 0 Å². The van der Waals surface area contributed by atoms with Crippen LogP contribution in [0, 0.1) is 17.8 Å². The van der Waals surface area contributed by atoms with Crippen molar-refractivity contribution in [2.45, 2.75) is 51.5 Å². The smallest absolute Gasteiger partial charge is 0.223 e. The standard InChI is InChI=1S/C13H23NO2/c1-9(3-2-6-15)14-13(16)12-8-10-4-5-11(12)7-10/h9-12,15H,2-8H2,1H3,(H,14,16). The van der Waals surface area contributed by atoms with Gasteiger partial charge in [0.15, 0.2) is 0 Å². The van der Waals surface area contributed by atoms with Gasteiger partial charge < -0.3 is 10.4 Å². The summed E-state index contributed by atoms with van der Waals surface area (Å²) in [6.45, 7) is 2.25. The van der Waals surface area contributed by atoms with Gasteiger partial charge in [0, 0.05) is 18.6 Å². The third-order valence-corrected chi connectivity index (χ3v) is 4.26. The van der Waals surface area contributed by atoms with E-state index in [0.717, 1.165) is 25.2 Å². The van der Waals surface area contributed by atoms with Crippen molar-refractivity contribution in [2.75, 3.05) is 6.61 Å². The fraction of sp³-hybridized carbons (Fsp3) is 0.923. The third-order valence-electron chi connectivity index (χ3n) is 4.26. The molecule has 0 radical (unpaired) electrons. The van der Waals surface area contributed by atoms with E-state index in [4.69, 9.17) is 5.11 Å². The van der Waals surface area contributed by atoms with Crippen molar-refractivity contribution in [1.29, 1.82) is 0 Å². The molecule has 0 aromatic heterocycles. The summed E-state index contributed by atoms with van der Waals surface area (Å²) in [5.74, 6) is 2.04. The van der Waals surface area contributed by atoms with Crippen molar-refractivity contribution in [2.24, 2.45) is 17.8 Å². The molecule has 2 aliphatic carbocycles. The van der Waals surface area contributed by atoms with Gasteiger partial charge in [-0.3, -0.25) is 4.79 Å². The molecule has 0 aliphatic heterocycles. The van der Waals surface area contributed by atoms with Crippen LogP contribution >= 0.6 is 0 Å². The number of aliphatic hydroxyl groups is 1. The summed E-state index contributed by atoms with van der Waals surface area (Å²) >= 11 is 0. The first-order valence-corrected chi connectivity index (χ1v) is 6.62. The highest BCUT2D eigenvalue weighted by Crippen LogP contribution is 2.48. The van der Waals surface area contributed by atoms with Gasteiger partial charge in [0.1, 0.15) is 0 Å². The lowest BCUT2D eigenvalue weighted by molar-refractivity contribution is -0.127. The lowest BCUT2D eigenvalue weighted by Gasteiger charge is -2.23. The average molecular weight is 225 g/mol. The summed E-state index contributed by atoms with van der Waals surface area (Å²) in [4.78, 5) is 12.0. The number of carbonyl (C=O) groups excluding carboxylic acids is 1. The van der Waals surface area contributed by atoms with Gasteiger partial charge in [0.05, 0.1) is 0 Å². The lowest BCUT2D eigenvalue weighted by Crippen LogP contribution is -2.39. The van der Waals surface area contributed by atoms with E-state index < -0.39 is 0 Å². The highest BCUT2D eigenvalue weighted by atomic mass is 16.2. The van der Waals surface area contributed by atoms with Gasteiger partial charge >= 0.3 is 0 Å². The Morgan fingerprint density at radius 2 is 2.25 bits per heavy atom. The van der Waals surface area contributed by atoms with E-state index in [1.807, 2.05) is 6.92 Å². The van der Waals surface area contributed by atoms with E-state index in [0.29, 0.717) is 5.92 Å². The molecule has 3 heteroatoms. The summed E-state index contributed by atoms with van der Waals surface area (Å²) in [7, 11) is 0. The molecule has 0 saturated heterocycles. The van der Waals surface area contributed by atoms with Gasteiger partial charge in [-0.25, -0.2) is 0 Å². The van der Waals surface area contributed by atoms with Crippen molar-refractivity contribution >= 4 is 5.91 Å². The molecule has 2 fully saturated rings. The number of hydrogen-bond donors (Lipinski definition) is 2. The van der Waals surface area contributed by atoms with Crippen LogP contribution in [0.4, 0.5) is 0 Å². The van der Waals surface area contributed by atoms with Crippen LogP contribution in [0.2, 0.25) is 0 Å². The molecule has 0 aromatic carbocycles. The number of nitrogens with one attached hydrogen (secondary N) is 1. The summed E-state index contributed by atoms with van der Waals surface area (Å²) in [6.07, 6.45) is 6.65. The SMILES string of the molecule is CC(CCCO)NC(=O)C1CC2CCC1C2. The number of hydrogen-bond acceptors (Lipinski definition) is 2. The zero-order valence-corrected chi connectivity index (χ0v) is 10.1. The molecular weight excluding hydrogens is 202 g/mol. The van der Waals surface area contributed by atoms with Crippen LogP contribution in [0.25, 0.3) is 0 Å². The zero-order valence-electron chi connectivity index (χ0n) is 10.1. The topological polar surface area (TPSA) is 49.3 Å². The van der Waals surface area contributed by atoms with Crippen LogP contribution in [0.3, 0.4) is 0 Å². The highest BCUT2D eigenvalue weighted by molar-refractivity contribution is 5.79. The molecule has 0 spiro atoms. The minimum atomic E-state index is 0.207. The summed E-state index contributed by atoms with van der Waals surface area (Å²) < 4.78 is 0. The molecule has 4 atom stereocenters. The number of rotatable bonds is 5. The predicted octanol–water partition coefficient (Wildman–Crippen LogP) is 1.70. The molecule has 2 N–H and O–H groups in total. The Morgan fingerprint density at radius 1 is 1.44 bits per heavy atom. The van der Waals surface area contributed by atoms with Crippen LogP contribution in [0.5, 0.6) is 0 Å². The lowest BCUT2D eigenvalue weighted by atomic mass is 9.88. The predicted molar refractivity (Wildman–Crippen MR) is 62.9 cm³/mol. The third kappa shape index (κ3) is 2.57. The van der Waals surface area contributed by atoms with Crippen molar-refractivity contribution < 1.29 is 9.90 Å². The maximum atomic E-state index is 12.0. The second-order valence-electron chi connectivity index (χ2n) is 5.56. The number of amides is 1. The zero-order chi connectivity index (χ0) is 11.5. The maximum absolute atomic E-state index is 12.0. The van der Waals surface area contributed by atoms with Gasteiger partial charge in [0.2, 0.25) is 5.91 Å². The van der Waals surface area contributed by atoms with Gasteiger partial charge in [-0.15, -0.1) is 0 Å². The second-order valence-corrected chi connectivity index (χ2v) is 5.56. The Balaban J connectivity index is 1.75. The largest absolute Gasteiger partial charge is 0.396 e. The van der Waals surface area contributed by atoms with E-state index in [9.17, 15) is 4.79 Å².